The van der Waals surface area contributed by atoms with Crippen molar-refractivity contribution in [2.75, 3.05) is 6.61 Å². The molecule has 3 aromatic carbocycles. The van der Waals surface area contributed by atoms with E-state index in [-0.39, 0.29) is 12.2 Å². The Kier molecular flexibility index (Phi) is 8.49. The predicted molar refractivity (Wildman–Crippen MR) is 180 cm³/mol. The van der Waals surface area contributed by atoms with Gasteiger partial charge in [-0.2, -0.15) is 0 Å². The average molecular weight is 771 g/mol. The summed E-state index contributed by atoms with van der Waals surface area (Å²) in [6.45, 7) is 4.17. The lowest BCUT2D eigenvalue weighted by molar-refractivity contribution is -0.139. The highest BCUT2D eigenvalue weighted by molar-refractivity contribution is 14.1. The monoisotopic (exact) mass is 770 g/mol. The number of fused-ring (bicyclic) bond motifs is 2. The molecule has 3 heterocycles. The van der Waals surface area contributed by atoms with Crippen LogP contribution < -0.4 is 19.6 Å². The van der Waals surface area contributed by atoms with Crippen LogP contribution in [-0.4, -0.2) is 17.1 Å². The van der Waals surface area contributed by atoms with Gasteiger partial charge in [0.15, 0.2) is 4.80 Å². The number of thiophene rings is 1. The number of nitrogens with zero attached hydrogens (tertiary/aromatic N) is 2. The number of halogens is 2. The van der Waals surface area contributed by atoms with Gasteiger partial charge in [0.2, 0.25) is 0 Å². The number of benzene rings is 3. The van der Waals surface area contributed by atoms with Crippen LogP contribution in [0.25, 0.3) is 16.8 Å². The molecule has 6 rings (SSSR count). The van der Waals surface area contributed by atoms with E-state index in [1.165, 1.54) is 22.7 Å². The minimum absolute atomic E-state index is 0.221. The molecule has 1 atom stereocenters. The maximum Gasteiger partial charge on any atom is 0.338 e. The second kappa shape index (κ2) is 12.3. The van der Waals surface area contributed by atoms with Crippen LogP contribution in [0.3, 0.4) is 0 Å². The van der Waals surface area contributed by atoms with Gasteiger partial charge in [-0.15, -0.1) is 11.3 Å². The van der Waals surface area contributed by atoms with Crippen molar-refractivity contribution in [2.45, 2.75) is 26.5 Å². The van der Waals surface area contributed by atoms with Crippen molar-refractivity contribution in [1.29, 1.82) is 0 Å². The van der Waals surface area contributed by atoms with Crippen LogP contribution in [0.1, 0.15) is 35.9 Å². The van der Waals surface area contributed by atoms with Crippen LogP contribution in [0.5, 0.6) is 5.75 Å². The zero-order valence-electron chi connectivity index (χ0n) is 22.6. The molecule has 0 N–H and O–H groups in total. The molecule has 5 aromatic rings. The lowest BCUT2D eigenvalue weighted by Crippen LogP contribution is -2.39. The van der Waals surface area contributed by atoms with Gasteiger partial charge in [-0.1, -0.05) is 75.8 Å². The number of ether oxygens (including phenoxy) is 2. The minimum atomic E-state index is -0.604. The van der Waals surface area contributed by atoms with E-state index < -0.39 is 12.0 Å². The number of rotatable bonds is 7. The topological polar surface area (TPSA) is 69.9 Å². The number of carbonyl (C=O) groups excluding carboxylic acids is 1. The van der Waals surface area contributed by atoms with Crippen molar-refractivity contribution in [3.8, 4) is 5.75 Å². The average Bonchev–Trinajstić information content (AvgIpc) is 3.60. The minimum Gasteiger partial charge on any atom is -0.487 e. The Bertz CT molecular complexity index is 2040. The lowest BCUT2D eigenvalue weighted by atomic mass is 10.0. The fourth-order valence-electron chi connectivity index (χ4n) is 5.06. The first kappa shape index (κ1) is 29.0. The molecule has 0 spiro atoms. The summed E-state index contributed by atoms with van der Waals surface area (Å²) < 4.78 is 15.7. The third-order valence-electron chi connectivity index (χ3n) is 6.91. The molecular formula is C32H24BrIN2O4S2. The van der Waals surface area contributed by atoms with E-state index in [4.69, 9.17) is 9.47 Å². The van der Waals surface area contributed by atoms with E-state index in [9.17, 15) is 9.59 Å². The number of carbonyl (C=O) groups is 1. The van der Waals surface area contributed by atoms with E-state index in [0.717, 1.165) is 34.8 Å². The number of aromatic nitrogens is 1. The van der Waals surface area contributed by atoms with Gasteiger partial charge in [0.05, 0.1) is 26.0 Å². The van der Waals surface area contributed by atoms with E-state index in [1.54, 1.807) is 18.4 Å². The summed E-state index contributed by atoms with van der Waals surface area (Å²) in [5.74, 6) is 0.230. The Hall–Kier alpha value is -3.06. The van der Waals surface area contributed by atoms with Crippen LogP contribution in [0, 0.1) is 3.57 Å². The molecule has 1 aliphatic heterocycles. The van der Waals surface area contributed by atoms with Crippen molar-refractivity contribution in [3.05, 3.63) is 127 Å². The number of thiazole rings is 1. The first-order valence-electron chi connectivity index (χ1n) is 13.2. The van der Waals surface area contributed by atoms with Crippen LogP contribution in [0.2, 0.25) is 0 Å². The number of esters is 1. The summed E-state index contributed by atoms with van der Waals surface area (Å²) in [6.07, 6.45) is 1.85. The molecule has 0 saturated heterocycles. The van der Waals surface area contributed by atoms with Gasteiger partial charge in [0, 0.05) is 14.9 Å². The highest BCUT2D eigenvalue weighted by Crippen LogP contribution is 2.34. The first-order chi connectivity index (χ1) is 20.4. The Morgan fingerprint density at radius 3 is 2.74 bits per heavy atom. The quantitative estimate of drug-likeness (QED) is 0.133. The van der Waals surface area contributed by atoms with Gasteiger partial charge < -0.3 is 9.47 Å². The molecule has 0 saturated carbocycles. The third-order valence-corrected chi connectivity index (χ3v) is 10.1. The fraction of sp³-hybridized carbons (Fsp3) is 0.156. The maximum atomic E-state index is 14.0. The molecule has 0 amide bonds. The summed E-state index contributed by atoms with van der Waals surface area (Å²) in [5, 5.41) is 4.23. The maximum absolute atomic E-state index is 14.0. The molecule has 0 aliphatic carbocycles. The van der Waals surface area contributed by atoms with Crippen molar-refractivity contribution in [3.63, 3.8) is 0 Å². The first-order valence-corrected chi connectivity index (χ1v) is 16.7. The van der Waals surface area contributed by atoms with Crippen molar-refractivity contribution in [1.82, 2.24) is 4.57 Å². The molecular weight excluding hydrogens is 747 g/mol. The van der Waals surface area contributed by atoms with Crippen molar-refractivity contribution >= 4 is 84.0 Å². The van der Waals surface area contributed by atoms with Crippen LogP contribution in [0.15, 0.2) is 97.6 Å². The number of hydrogen-bond acceptors (Lipinski definition) is 7. The van der Waals surface area contributed by atoms with Gasteiger partial charge in [-0.05, 0) is 82.4 Å². The van der Waals surface area contributed by atoms with E-state index >= 15 is 0 Å². The van der Waals surface area contributed by atoms with Crippen LogP contribution in [0.4, 0.5) is 0 Å². The fourth-order valence-corrected chi connectivity index (χ4v) is 8.62. The third kappa shape index (κ3) is 5.52. The summed E-state index contributed by atoms with van der Waals surface area (Å²) >= 11 is 8.66. The molecule has 0 bridgehead atoms. The highest BCUT2D eigenvalue weighted by atomic mass is 127. The molecule has 42 heavy (non-hydrogen) atoms. The second-order valence-corrected chi connectivity index (χ2v) is 13.6. The van der Waals surface area contributed by atoms with Crippen molar-refractivity contribution in [2.24, 2.45) is 4.99 Å². The van der Waals surface area contributed by atoms with Gasteiger partial charge >= 0.3 is 5.97 Å². The molecule has 0 radical (unpaired) electrons. The number of hydrogen-bond donors (Lipinski definition) is 0. The van der Waals surface area contributed by atoms with E-state index in [2.05, 4.69) is 67.8 Å². The van der Waals surface area contributed by atoms with Gasteiger partial charge in [0.1, 0.15) is 18.4 Å². The Morgan fingerprint density at radius 1 is 1.14 bits per heavy atom. The molecule has 212 valence electrons. The predicted octanol–water partition coefficient (Wildman–Crippen LogP) is 6.96. The standard InChI is InChI=1S/C32H24BrIN2O4S2/c1-3-39-31(38)27-18(2)35-32-36(28(27)25-12-7-13-41-25)30(37)26(42-32)15-21-14-22(33)16-24(34)29(21)40-17-20-10-6-9-19-8-4-5-11-23(19)20/h4-16,28H,3,17H2,1-2H3/b26-15-/t28-/m0/s1. The molecule has 0 unspecified atom stereocenters. The normalized spacial score (nSPS) is 15.0. The molecule has 10 heteroatoms. The summed E-state index contributed by atoms with van der Waals surface area (Å²) in [7, 11) is 0. The summed E-state index contributed by atoms with van der Waals surface area (Å²) in [4.78, 5) is 33.2. The Labute approximate surface area is 271 Å². The van der Waals surface area contributed by atoms with Crippen LogP contribution in [-0.2, 0) is 16.1 Å². The smallest absolute Gasteiger partial charge is 0.338 e. The van der Waals surface area contributed by atoms with Crippen LogP contribution >= 0.6 is 61.2 Å². The zero-order valence-corrected chi connectivity index (χ0v) is 28.0. The summed E-state index contributed by atoms with van der Waals surface area (Å²) in [6, 6.07) is 21.6. The zero-order chi connectivity index (χ0) is 29.4. The van der Waals surface area contributed by atoms with E-state index in [1.807, 2.05) is 53.9 Å². The number of allylic oxidation sites excluding steroid dienone is 1. The summed E-state index contributed by atoms with van der Waals surface area (Å²) in [5.41, 5.74) is 2.56. The molecule has 1 aliphatic rings. The largest absolute Gasteiger partial charge is 0.487 e. The Morgan fingerprint density at radius 2 is 1.95 bits per heavy atom. The molecule has 0 fully saturated rings. The highest BCUT2D eigenvalue weighted by Gasteiger charge is 2.34. The molecule has 2 aromatic heterocycles. The Balaban J connectivity index is 1.45. The SMILES string of the molecule is CCOC(=O)C1=C(C)N=c2s/c(=C\c3cc(Br)cc(I)c3OCc3cccc4ccccc34)c(=O)n2[C@H]1c1cccs1. The van der Waals surface area contributed by atoms with E-state index in [0.29, 0.717) is 33.0 Å². The second-order valence-electron chi connectivity index (χ2n) is 9.55. The van der Waals surface area contributed by atoms with Gasteiger partial charge in [-0.25, -0.2) is 9.79 Å². The van der Waals surface area contributed by atoms with Gasteiger partial charge in [-0.3, -0.25) is 9.36 Å². The van der Waals surface area contributed by atoms with Crippen molar-refractivity contribution < 1.29 is 14.3 Å². The van der Waals surface area contributed by atoms with Gasteiger partial charge in [0.25, 0.3) is 5.56 Å². The molecule has 6 nitrogen and oxygen atoms in total. The lowest BCUT2D eigenvalue weighted by Gasteiger charge is -2.23.